The van der Waals surface area contributed by atoms with Gasteiger partial charge in [0.2, 0.25) is 0 Å². The van der Waals surface area contributed by atoms with Crippen LogP contribution in [0.5, 0.6) is 0 Å². The average Bonchev–Trinajstić information content (AvgIpc) is 3.22. The number of likely N-dealkylation sites (tertiary alicyclic amines) is 1. The molecule has 3 aliphatic rings. The number of rotatable bonds is 2. The second-order valence-electron chi connectivity index (χ2n) is 7.71. The fraction of sp³-hybridized carbons (Fsp3) is 0.550. The summed E-state index contributed by atoms with van der Waals surface area (Å²) in [6.45, 7) is 2.34. The highest BCUT2D eigenvalue weighted by atomic mass is 15.3. The molecule has 4 heterocycles. The summed E-state index contributed by atoms with van der Waals surface area (Å²) in [6, 6.07) is 7.21. The third-order valence-corrected chi connectivity index (χ3v) is 6.04. The van der Waals surface area contributed by atoms with Crippen molar-refractivity contribution >= 4 is 5.82 Å². The van der Waals surface area contributed by atoms with E-state index < -0.39 is 0 Å². The monoisotopic (exact) mass is 335 g/mol. The predicted molar refractivity (Wildman–Crippen MR) is 98.7 cm³/mol. The van der Waals surface area contributed by atoms with Gasteiger partial charge in [-0.1, -0.05) is 6.07 Å². The number of pyridine rings is 1. The quantitative estimate of drug-likeness (QED) is 0.844. The summed E-state index contributed by atoms with van der Waals surface area (Å²) in [4.78, 5) is 19.6. The van der Waals surface area contributed by atoms with Gasteiger partial charge in [-0.15, -0.1) is 0 Å². The first-order chi connectivity index (χ1) is 12.3. The zero-order chi connectivity index (χ0) is 16.8. The minimum atomic E-state index is 0.591. The summed E-state index contributed by atoms with van der Waals surface area (Å²) < 4.78 is 0. The van der Waals surface area contributed by atoms with Crippen LogP contribution in [-0.4, -0.2) is 52.1 Å². The van der Waals surface area contributed by atoms with Gasteiger partial charge in [0.05, 0.1) is 0 Å². The van der Waals surface area contributed by atoms with E-state index in [4.69, 9.17) is 9.97 Å². The Hall–Kier alpha value is -2.01. The van der Waals surface area contributed by atoms with Gasteiger partial charge in [0.1, 0.15) is 11.5 Å². The molecular formula is C20H25N5. The summed E-state index contributed by atoms with van der Waals surface area (Å²) in [6.07, 6.45) is 9.06. The van der Waals surface area contributed by atoms with Gasteiger partial charge in [0.25, 0.3) is 0 Å². The van der Waals surface area contributed by atoms with Crippen molar-refractivity contribution < 1.29 is 0 Å². The Labute approximate surface area is 149 Å². The molecule has 5 rings (SSSR count). The topological polar surface area (TPSA) is 45.2 Å². The number of hydrogen-bond donors (Lipinski definition) is 0. The smallest absolute Gasteiger partial charge is 0.180 e. The number of likely N-dealkylation sites (N-methyl/N-ethyl adjacent to an activating group) is 1. The Morgan fingerprint density at radius 3 is 2.84 bits per heavy atom. The fourth-order valence-electron chi connectivity index (χ4n) is 4.83. The van der Waals surface area contributed by atoms with Crippen LogP contribution in [0.2, 0.25) is 0 Å². The maximum absolute atomic E-state index is 5.08. The van der Waals surface area contributed by atoms with Crippen LogP contribution in [0.15, 0.2) is 24.4 Å². The van der Waals surface area contributed by atoms with E-state index in [2.05, 4.69) is 21.8 Å². The average molecular weight is 335 g/mol. The van der Waals surface area contributed by atoms with Crippen molar-refractivity contribution in [1.82, 2.24) is 19.9 Å². The van der Waals surface area contributed by atoms with Gasteiger partial charge in [-0.3, -0.25) is 4.98 Å². The van der Waals surface area contributed by atoms with Crippen molar-refractivity contribution in [2.45, 2.75) is 50.6 Å². The SMILES string of the molecule is CN1CC[C@@H]2CC[C@H](C1)N2c1nc(-c2ccccn2)nc2c1CCC2. The van der Waals surface area contributed by atoms with Gasteiger partial charge >= 0.3 is 0 Å². The number of nitrogens with zero attached hydrogens (tertiary/aromatic N) is 5. The van der Waals surface area contributed by atoms with Crippen LogP contribution in [-0.2, 0) is 12.8 Å². The zero-order valence-corrected chi connectivity index (χ0v) is 14.9. The molecule has 0 saturated carbocycles. The highest BCUT2D eigenvalue weighted by Crippen LogP contribution is 2.39. The Morgan fingerprint density at radius 2 is 1.96 bits per heavy atom. The lowest BCUT2D eigenvalue weighted by Gasteiger charge is -2.31. The highest BCUT2D eigenvalue weighted by Gasteiger charge is 2.39. The van der Waals surface area contributed by atoms with E-state index in [1.807, 2.05) is 24.4 Å². The molecule has 2 atom stereocenters. The molecule has 2 aromatic rings. The van der Waals surface area contributed by atoms with Crippen LogP contribution < -0.4 is 4.90 Å². The maximum Gasteiger partial charge on any atom is 0.180 e. The third kappa shape index (κ3) is 2.61. The van der Waals surface area contributed by atoms with Gasteiger partial charge in [-0.25, -0.2) is 9.97 Å². The van der Waals surface area contributed by atoms with Crippen LogP contribution in [0.4, 0.5) is 5.82 Å². The maximum atomic E-state index is 5.08. The van der Waals surface area contributed by atoms with Gasteiger partial charge in [-0.2, -0.15) is 0 Å². The molecule has 0 radical (unpaired) electrons. The van der Waals surface area contributed by atoms with Crippen molar-refractivity contribution in [3.8, 4) is 11.5 Å². The largest absolute Gasteiger partial charge is 0.349 e. The summed E-state index contributed by atoms with van der Waals surface area (Å²) in [5, 5.41) is 0. The molecule has 0 spiro atoms. The van der Waals surface area contributed by atoms with Crippen molar-refractivity contribution in [2.24, 2.45) is 0 Å². The van der Waals surface area contributed by atoms with E-state index in [0.29, 0.717) is 12.1 Å². The minimum absolute atomic E-state index is 0.591. The summed E-state index contributed by atoms with van der Waals surface area (Å²) >= 11 is 0. The first-order valence-corrected chi connectivity index (χ1v) is 9.57. The number of aromatic nitrogens is 3. The van der Waals surface area contributed by atoms with Crippen LogP contribution in [0.1, 0.15) is 36.9 Å². The van der Waals surface area contributed by atoms with Crippen molar-refractivity contribution in [3.05, 3.63) is 35.7 Å². The van der Waals surface area contributed by atoms with Crippen molar-refractivity contribution in [3.63, 3.8) is 0 Å². The van der Waals surface area contributed by atoms with Crippen molar-refractivity contribution in [1.29, 1.82) is 0 Å². The number of anilines is 1. The van der Waals surface area contributed by atoms with Gasteiger partial charge < -0.3 is 9.80 Å². The number of aryl methyl sites for hydroxylation is 1. The van der Waals surface area contributed by atoms with Crippen LogP contribution in [0.25, 0.3) is 11.5 Å². The van der Waals surface area contributed by atoms with Gasteiger partial charge in [0, 0.05) is 36.1 Å². The molecule has 25 heavy (non-hydrogen) atoms. The summed E-state index contributed by atoms with van der Waals surface area (Å²) in [7, 11) is 2.25. The molecule has 0 aromatic carbocycles. The van der Waals surface area contributed by atoms with E-state index in [-0.39, 0.29) is 0 Å². The van der Waals surface area contributed by atoms with E-state index in [9.17, 15) is 0 Å². The standard InChI is InChI=1S/C20H25N5/c1-24-12-10-14-8-9-15(13-24)25(14)20-16-5-4-7-17(16)22-19(23-20)18-6-2-3-11-21-18/h2-3,6,11,14-15H,4-5,7-10,12-13H2,1H3/t14-,15+/m0/s1. The molecule has 5 nitrogen and oxygen atoms in total. The number of hydrogen-bond acceptors (Lipinski definition) is 5. The first kappa shape index (κ1) is 15.3. The zero-order valence-electron chi connectivity index (χ0n) is 14.9. The normalized spacial score (nSPS) is 25.9. The first-order valence-electron chi connectivity index (χ1n) is 9.57. The Kier molecular flexibility index (Phi) is 3.70. The second-order valence-corrected chi connectivity index (χ2v) is 7.71. The van der Waals surface area contributed by atoms with Crippen molar-refractivity contribution in [2.75, 3.05) is 25.0 Å². The molecule has 1 aliphatic carbocycles. The molecule has 130 valence electrons. The molecule has 2 aromatic heterocycles. The van der Waals surface area contributed by atoms with Gasteiger partial charge in [-0.05, 0) is 64.3 Å². The molecule has 0 unspecified atom stereocenters. The highest BCUT2D eigenvalue weighted by molar-refractivity contribution is 5.60. The second kappa shape index (κ2) is 6.06. The Balaban J connectivity index is 1.62. The molecule has 0 amide bonds. The van der Waals surface area contributed by atoms with E-state index in [1.165, 1.54) is 49.3 Å². The summed E-state index contributed by atoms with van der Waals surface area (Å²) in [5.74, 6) is 2.01. The lowest BCUT2D eigenvalue weighted by atomic mass is 10.1. The fourth-order valence-corrected chi connectivity index (χ4v) is 4.83. The Bertz CT molecular complexity index is 775. The van der Waals surface area contributed by atoms with Crippen LogP contribution in [0.3, 0.4) is 0 Å². The molecule has 2 fully saturated rings. The predicted octanol–water partition coefficient (Wildman–Crippen LogP) is 2.70. The lowest BCUT2D eigenvalue weighted by Crippen LogP contribution is -2.39. The van der Waals surface area contributed by atoms with Crippen LogP contribution >= 0.6 is 0 Å². The lowest BCUT2D eigenvalue weighted by molar-refractivity contribution is 0.315. The third-order valence-electron chi connectivity index (χ3n) is 6.04. The Morgan fingerprint density at radius 1 is 1.04 bits per heavy atom. The van der Waals surface area contributed by atoms with E-state index in [0.717, 1.165) is 30.9 Å². The molecular weight excluding hydrogens is 310 g/mol. The van der Waals surface area contributed by atoms with Crippen LogP contribution in [0, 0.1) is 0 Å². The molecule has 5 heteroatoms. The number of fused-ring (bicyclic) bond motifs is 3. The van der Waals surface area contributed by atoms with Gasteiger partial charge in [0.15, 0.2) is 5.82 Å². The molecule has 2 saturated heterocycles. The summed E-state index contributed by atoms with van der Waals surface area (Å²) in [5.41, 5.74) is 3.54. The molecule has 2 aliphatic heterocycles. The minimum Gasteiger partial charge on any atom is -0.349 e. The molecule has 2 bridgehead atoms. The van der Waals surface area contributed by atoms with E-state index in [1.54, 1.807) is 0 Å². The molecule has 0 N–H and O–H groups in total. The van der Waals surface area contributed by atoms with E-state index >= 15 is 0 Å².